The highest BCUT2D eigenvalue weighted by Gasteiger charge is 2.16. The van der Waals surface area contributed by atoms with Crippen molar-refractivity contribution in [2.45, 2.75) is 0 Å². The number of aromatic nitrogens is 1. The summed E-state index contributed by atoms with van der Waals surface area (Å²) < 4.78 is 0. The van der Waals surface area contributed by atoms with Crippen LogP contribution in [-0.4, -0.2) is 33.4 Å². The van der Waals surface area contributed by atoms with E-state index in [-0.39, 0.29) is 18.0 Å². The van der Waals surface area contributed by atoms with E-state index in [1.165, 1.54) is 29.4 Å². The van der Waals surface area contributed by atoms with Gasteiger partial charge in [0.05, 0.1) is 11.1 Å². The zero-order chi connectivity index (χ0) is 12.3. The van der Waals surface area contributed by atoms with Crippen LogP contribution in [0.4, 0.5) is 0 Å². The Balaban J connectivity index is 2.11. The van der Waals surface area contributed by atoms with Gasteiger partial charge in [0.2, 0.25) is 0 Å². The first-order chi connectivity index (χ1) is 8.18. The summed E-state index contributed by atoms with van der Waals surface area (Å²) in [6.07, 6.45) is 7.44. The summed E-state index contributed by atoms with van der Waals surface area (Å²) in [5, 5.41) is 8.75. The molecule has 0 fully saturated rings. The highest BCUT2D eigenvalue weighted by atomic mass is 16.4. The topological polar surface area (TPSA) is 70.5 Å². The zero-order valence-corrected chi connectivity index (χ0v) is 8.91. The van der Waals surface area contributed by atoms with E-state index in [2.05, 4.69) is 4.98 Å². The Morgan fingerprint density at radius 1 is 1.41 bits per heavy atom. The van der Waals surface area contributed by atoms with Crippen molar-refractivity contribution in [3.8, 4) is 0 Å². The smallest absolute Gasteiger partial charge is 0.335 e. The van der Waals surface area contributed by atoms with Gasteiger partial charge < -0.3 is 10.0 Å². The second-order valence-electron chi connectivity index (χ2n) is 3.48. The number of hydrogen-bond acceptors (Lipinski definition) is 3. The summed E-state index contributed by atoms with van der Waals surface area (Å²) in [5.41, 5.74) is 0.671. The van der Waals surface area contributed by atoms with E-state index < -0.39 is 5.97 Å². The number of pyridine rings is 1. The lowest BCUT2D eigenvalue weighted by Gasteiger charge is -2.19. The Morgan fingerprint density at radius 3 is 2.76 bits per heavy atom. The number of amides is 1. The van der Waals surface area contributed by atoms with Crippen LogP contribution in [0.25, 0.3) is 0 Å². The van der Waals surface area contributed by atoms with Gasteiger partial charge in [-0.05, 0) is 18.2 Å². The minimum absolute atomic E-state index is 0.195. The van der Waals surface area contributed by atoms with Crippen LogP contribution in [0.3, 0.4) is 0 Å². The van der Waals surface area contributed by atoms with E-state index in [1.54, 1.807) is 18.3 Å². The Kier molecular flexibility index (Phi) is 3.00. The van der Waals surface area contributed by atoms with Gasteiger partial charge in [-0.1, -0.05) is 6.08 Å². The fraction of sp³-hybridized carbons (Fsp3) is 0.0833. The van der Waals surface area contributed by atoms with Crippen molar-refractivity contribution in [2.24, 2.45) is 0 Å². The Labute approximate surface area is 97.7 Å². The molecule has 1 aromatic rings. The summed E-state index contributed by atoms with van der Waals surface area (Å²) in [6, 6.07) is 3.35. The van der Waals surface area contributed by atoms with Crippen molar-refractivity contribution in [3.05, 3.63) is 54.0 Å². The number of carbonyl (C=O) groups is 2. The Hall–Kier alpha value is -2.43. The van der Waals surface area contributed by atoms with Crippen molar-refractivity contribution in [1.29, 1.82) is 0 Å². The molecule has 2 heterocycles. The van der Waals surface area contributed by atoms with Crippen LogP contribution >= 0.6 is 0 Å². The molecule has 0 aromatic carbocycles. The van der Waals surface area contributed by atoms with Crippen molar-refractivity contribution in [2.75, 3.05) is 6.54 Å². The quantitative estimate of drug-likeness (QED) is 0.824. The number of rotatable bonds is 2. The molecule has 86 valence electrons. The molecule has 1 aromatic heterocycles. The van der Waals surface area contributed by atoms with Gasteiger partial charge in [-0.3, -0.25) is 9.78 Å². The highest BCUT2D eigenvalue weighted by Crippen LogP contribution is 2.11. The molecule has 1 N–H and O–H groups in total. The molecule has 0 radical (unpaired) electrons. The Morgan fingerprint density at radius 2 is 2.24 bits per heavy atom. The van der Waals surface area contributed by atoms with Crippen LogP contribution < -0.4 is 0 Å². The summed E-state index contributed by atoms with van der Waals surface area (Å²) in [5.74, 6) is -1.19. The molecule has 0 saturated carbocycles. The SMILES string of the molecule is O=C(O)C1=CCN(C(=O)c2cccnc2)C=C1. The van der Waals surface area contributed by atoms with Crippen LogP contribution in [0.5, 0.6) is 0 Å². The van der Waals surface area contributed by atoms with Gasteiger partial charge in [0.1, 0.15) is 0 Å². The van der Waals surface area contributed by atoms with Crippen LogP contribution in [0, 0.1) is 0 Å². The number of carbonyl (C=O) groups excluding carboxylic acids is 1. The predicted octanol–water partition coefficient (Wildman–Crippen LogP) is 1.06. The average molecular weight is 230 g/mol. The van der Waals surface area contributed by atoms with Gasteiger partial charge in [0, 0.05) is 25.1 Å². The second-order valence-corrected chi connectivity index (χ2v) is 3.48. The number of hydrogen-bond donors (Lipinski definition) is 1. The van der Waals surface area contributed by atoms with Crippen molar-refractivity contribution in [1.82, 2.24) is 9.88 Å². The third-order valence-electron chi connectivity index (χ3n) is 2.36. The lowest BCUT2D eigenvalue weighted by Crippen LogP contribution is -2.28. The van der Waals surface area contributed by atoms with Gasteiger partial charge in [-0.15, -0.1) is 0 Å². The predicted molar refractivity (Wildman–Crippen MR) is 60.1 cm³/mol. The van der Waals surface area contributed by atoms with E-state index in [0.29, 0.717) is 5.56 Å². The second kappa shape index (κ2) is 4.61. The van der Waals surface area contributed by atoms with Gasteiger partial charge in [0.25, 0.3) is 5.91 Å². The molecular formula is C12H10N2O3. The summed E-state index contributed by atoms with van der Waals surface area (Å²) >= 11 is 0. The molecule has 5 nitrogen and oxygen atoms in total. The standard InChI is InChI=1S/C12H10N2O3/c15-11(10-2-1-5-13-8-10)14-6-3-9(4-7-14)12(16)17/h1-6,8H,7H2,(H,16,17). The molecule has 0 atom stereocenters. The normalized spacial score (nSPS) is 14.4. The molecule has 1 amide bonds. The largest absolute Gasteiger partial charge is 0.478 e. The average Bonchev–Trinajstić information content (AvgIpc) is 2.39. The van der Waals surface area contributed by atoms with Crippen LogP contribution in [0.2, 0.25) is 0 Å². The van der Waals surface area contributed by atoms with Crippen molar-refractivity contribution >= 4 is 11.9 Å². The summed E-state index contributed by atoms with van der Waals surface area (Å²) in [4.78, 5) is 27.9. The van der Waals surface area contributed by atoms with Crippen molar-refractivity contribution < 1.29 is 14.7 Å². The number of nitrogens with zero attached hydrogens (tertiary/aromatic N) is 2. The molecular weight excluding hydrogens is 220 g/mol. The number of aliphatic carboxylic acids is 1. The fourth-order valence-corrected chi connectivity index (χ4v) is 1.46. The van der Waals surface area contributed by atoms with Gasteiger partial charge in [-0.25, -0.2) is 4.79 Å². The molecule has 0 spiro atoms. The van der Waals surface area contributed by atoms with Crippen LogP contribution in [0.15, 0.2) is 48.5 Å². The fourth-order valence-electron chi connectivity index (χ4n) is 1.46. The molecule has 0 unspecified atom stereocenters. The molecule has 0 saturated heterocycles. The van der Waals surface area contributed by atoms with Crippen LogP contribution in [-0.2, 0) is 4.79 Å². The van der Waals surface area contributed by atoms with E-state index >= 15 is 0 Å². The summed E-state index contributed by atoms with van der Waals surface area (Å²) in [6.45, 7) is 0.256. The minimum atomic E-state index is -0.991. The number of carboxylic acids is 1. The monoisotopic (exact) mass is 230 g/mol. The van der Waals surface area contributed by atoms with E-state index in [0.717, 1.165) is 0 Å². The van der Waals surface area contributed by atoms with Crippen molar-refractivity contribution in [3.63, 3.8) is 0 Å². The third kappa shape index (κ3) is 2.39. The number of carboxylic acid groups (broad SMARTS) is 1. The summed E-state index contributed by atoms with van der Waals surface area (Å²) in [7, 11) is 0. The third-order valence-corrected chi connectivity index (χ3v) is 2.36. The minimum Gasteiger partial charge on any atom is -0.478 e. The lowest BCUT2D eigenvalue weighted by molar-refractivity contribution is -0.132. The van der Waals surface area contributed by atoms with Crippen LogP contribution in [0.1, 0.15) is 10.4 Å². The maximum Gasteiger partial charge on any atom is 0.335 e. The molecule has 1 aliphatic heterocycles. The molecule has 17 heavy (non-hydrogen) atoms. The van der Waals surface area contributed by atoms with E-state index in [1.807, 2.05) is 0 Å². The first-order valence-electron chi connectivity index (χ1n) is 5.01. The molecule has 1 aliphatic rings. The lowest BCUT2D eigenvalue weighted by atomic mass is 10.1. The molecule has 5 heteroatoms. The molecule has 0 aliphatic carbocycles. The maximum absolute atomic E-state index is 11.9. The molecule has 2 rings (SSSR count). The first-order valence-corrected chi connectivity index (χ1v) is 5.01. The van der Waals surface area contributed by atoms with Gasteiger partial charge in [0.15, 0.2) is 0 Å². The van der Waals surface area contributed by atoms with Gasteiger partial charge >= 0.3 is 5.97 Å². The molecule has 0 bridgehead atoms. The van der Waals surface area contributed by atoms with E-state index in [4.69, 9.17) is 5.11 Å². The highest BCUT2D eigenvalue weighted by molar-refractivity contribution is 5.96. The first kappa shape index (κ1) is 11.1. The zero-order valence-electron chi connectivity index (χ0n) is 8.91. The van der Waals surface area contributed by atoms with Gasteiger partial charge in [-0.2, -0.15) is 0 Å². The Bertz CT molecular complexity index is 506. The van der Waals surface area contributed by atoms with E-state index in [9.17, 15) is 9.59 Å². The maximum atomic E-state index is 11.9.